The van der Waals surface area contributed by atoms with Crippen molar-refractivity contribution in [1.82, 2.24) is 19.6 Å². The molecule has 0 unspecified atom stereocenters. The zero-order valence-electron chi connectivity index (χ0n) is 24.2. The van der Waals surface area contributed by atoms with E-state index < -0.39 is 34.8 Å². The molecule has 1 saturated heterocycles. The molecule has 2 aliphatic rings. The number of thioether (sulfide) groups is 2. The monoisotopic (exact) mass is 660 g/mol. The van der Waals surface area contributed by atoms with E-state index in [9.17, 15) is 24.3 Å². The lowest BCUT2D eigenvalue weighted by Crippen LogP contribution is -2.71. The zero-order valence-corrected chi connectivity index (χ0v) is 26.6. The largest absolute Gasteiger partial charge is 0.477 e. The average Bonchev–Trinajstić information content (AvgIpc) is 3.57. The fraction of sp³-hybridized carbons (Fsp3) is 0.370. The molecule has 44 heavy (non-hydrogen) atoms. The van der Waals surface area contributed by atoms with Crippen molar-refractivity contribution < 1.29 is 38.4 Å². The molecule has 0 radical (unpaired) electrons. The van der Waals surface area contributed by atoms with Gasteiger partial charge in [0.2, 0.25) is 0 Å². The van der Waals surface area contributed by atoms with E-state index in [1.165, 1.54) is 35.5 Å². The predicted molar refractivity (Wildman–Crippen MR) is 164 cm³/mol. The van der Waals surface area contributed by atoms with Crippen LogP contribution in [0.4, 0.5) is 5.13 Å². The highest BCUT2D eigenvalue weighted by atomic mass is 32.2. The summed E-state index contributed by atoms with van der Waals surface area (Å²) in [7, 11) is 1.28. The molecule has 5 rings (SSSR count). The summed E-state index contributed by atoms with van der Waals surface area (Å²) in [4.78, 5) is 61.0. The Morgan fingerprint density at radius 1 is 1.32 bits per heavy atom. The molecule has 0 bridgehead atoms. The topological polar surface area (TPSA) is 182 Å². The normalized spacial score (nSPS) is 18.6. The zero-order chi connectivity index (χ0) is 31.8. The Labute approximate surface area is 264 Å². The van der Waals surface area contributed by atoms with E-state index in [1.54, 1.807) is 16.1 Å². The van der Waals surface area contributed by atoms with E-state index in [-0.39, 0.29) is 34.7 Å². The number of esters is 1. The molecule has 2 atom stereocenters. The minimum absolute atomic E-state index is 0.0413. The smallest absolute Gasteiger partial charge is 0.352 e. The number of nitrogen functional groups attached to an aromatic ring is 1. The number of β-lactam (4-membered cyclic amide) rings is 1. The first-order valence-corrected chi connectivity index (χ1v) is 16.2. The summed E-state index contributed by atoms with van der Waals surface area (Å²) < 4.78 is 9.13. The number of fused-ring (bicyclic) bond motifs is 2. The second kappa shape index (κ2) is 12.5. The van der Waals surface area contributed by atoms with Crippen LogP contribution in [0.15, 0.2) is 57.4 Å². The molecule has 1 fully saturated rings. The Kier molecular flexibility index (Phi) is 8.90. The molecular formula is C27H30N7O7S3+. The minimum Gasteiger partial charge on any atom is -0.477 e. The van der Waals surface area contributed by atoms with Crippen molar-refractivity contribution in [3.63, 3.8) is 0 Å². The highest BCUT2D eigenvalue weighted by molar-refractivity contribution is 8.01. The van der Waals surface area contributed by atoms with Gasteiger partial charge in [-0.25, -0.2) is 19.1 Å². The number of aliphatic carboxylic acids is 1. The molecule has 2 aliphatic heterocycles. The number of carbonyl (C=O) groups is 4. The number of nitrogens with one attached hydrogen (secondary N) is 1. The van der Waals surface area contributed by atoms with Crippen LogP contribution in [0.3, 0.4) is 0 Å². The van der Waals surface area contributed by atoms with Crippen molar-refractivity contribution in [2.75, 3.05) is 24.3 Å². The number of amides is 2. The van der Waals surface area contributed by atoms with Crippen LogP contribution < -0.4 is 15.6 Å². The van der Waals surface area contributed by atoms with Gasteiger partial charge in [-0.3, -0.25) is 14.5 Å². The van der Waals surface area contributed by atoms with Crippen molar-refractivity contribution in [2.24, 2.45) is 5.16 Å². The number of imidazole rings is 1. The molecule has 0 aliphatic carbocycles. The molecular weight excluding hydrogens is 631 g/mol. The van der Waals surface area contributed by atoms with E-state index in [4.69, 9.17) is 15.3 Å². The lowest BCUT2D eigenvalue weighted by Gasteiger charge is -2.49. The summed E-state index contributed by atoms with van der Waals surface area (Å²) in [5.41, 5.74) is 6.38. The van der Waals surface area contributed by atoms with Crippen molar-refractivity contribution in [3.8, 4) is 0 Å². The van der Waals surface area contributed by atoms with Crippen molar-refractivity contribution in [2.45, 2.75) is 49.4 Å². The van der Waals surface area contributed by atoms with Crippen LogP contribution in [0.1, 0.15) is 26.5 Å². The van der Waals surface area contributed by atoms with Gasteiger partial charge in [-0.15, -0.1) is 23.1 Å². The number of carbonyl (C=O) groups excluding carboxylic acids is 3. The van der Waals surface area contributed by atoms with Crippen molar-refractivity contribution in [1.29, 1.82) is 0 Å². The SMILES string of the molecule is CO/N=C(\C(=O)N[C@@H]1C(=O)N2C(C(=O)O)=C(CSc3cccc4n3cc[n+]4CC(=O)OC(C)(C)C)CS[C@H]12)c1csc(N)n1. The van der Waals surface area contributed by atoms with Crippen LogP contribution in [0.5, 0.6) is 0 Å². The summed E-state index contributed by atoms with van der Waals surface area (Å²) in [6.07, 6.45) is 3.61. The summed E-state index contributed by atoms with van der Waals surface area (Å²) in [6, 6.07) is 4.67. The maximum atomic E-state index is 13.2. The average molecular weight is 661 g/mol. The summed E-state index contributed by atoms with van der Waals surface area (Å²) in [5, 5.41) is 18.5. The number of pyridine rings is 1. The molecule has 5 heterocycles. The van der Waals surface area contributed by atoms with E-state index in [0.29, 0.717) is 17.1 Å². The van der Waals surface area contributed by atoms with E-state index in [1.807, 2.05) is 49.6 Å². The molecule has 4 N–H and O–H groups in total. The molecule has 2 amide bonds. The number of ether oxygens (including phenoxy) is 1. The van der Waals surface area contributed by atoms with Crippen LogP contribution in [0, 0.1) is 0 Å². The van der Waals surface area contributed by atoms with E-state index in [0.717, 1.165) is 22.0 Å². The van der Waals surface area contributed by atoms with E-state index >= 15 is 0 Å². The van der Waals surface area contributed by atoms with Crippen molar-refractivity contribution >= 4 is 75.1 Å². The van der Waals surface area contributed by atoms with Gasteiger partial charge in [-0.05, 0) is 38.5 Å². The first kappa shape index (κ1) is 31.3. The number of rotatable bonds is 10. The lowest BCUT2D eigenvalue weighted by atomic mass is 10.0. The third-order valence-corrected chi connectivity index (χ3v) is 9.61. The third-order valence-electron chi connectivity index (χ3n) is 6.47. The number of aromatic nitrogens is 3. The first-order chi connectivity index (χ1) is 20.9. The fourth-order valence-electron chi connectivity index (χ4n) is 4.72. The fourth-order valence-corrected chi connectivity index (χ4v) is 7.77. The molecule has 0 spiro atoms. The van der Waals surface area contributed by atoms with Crippen LogP contribution in [0.25, 0.3) is 5.65 Å². The second-order valence-corrected chi connectivity index (χ2v) is 13.7. The highest BCUT2D eigenvalue weighted by Gasteiger charge is 2.54. The van der Waals surface area contributed by atoms with Gasteiger partial charge in [0.15, 0.2) is 22.4 Å². The number of nitrogens with zero attached hydrogens (tertiary/aromatic N) is 5. The molecule has 0 saturated carbocycles. The van der Waals surface area contributed by atoms with Gasteiger partial charge in [-0.2, -0.15) is 4.40 Å². The minimum atomic E-state index is -1.22. The van der Waals surface area contributed by atoms with Gasteiger partial charge < -0.3 is 25.7 Å². The molecule has 17 heteroatoms. The maximum absolute atomic E-state index is 13.2. The van der Waals surface area contributed by atoms with Crippen LogP contribution in [-0.4, -0.2) is 84.5 Å². The quantitative estimate of drug-likeness (QED) is 0.0716. The van der Waals surface area contributed by atoms with Crippen LogP contribution >= 0.6 is 34.9 Å². The van der Waals surface area contributed by atoms with Crippen LogP contribution in [0.2, 0.25) is 0 Å². The number of hydrogen-bond donors (Lipinski definition) is 3. The van der Waals surface area contributed by atoms with Gasteiger partial charge >= 0.3 is 11.9 Å². The number of thiazole rings is 1. The summed E-state index contributed by atoms with van der Waals surface area (Å²) >= 11 is 3.90. The summed E-state index contributed by atoms with van der Waals surface area (Å²) in [6.45, 7) is 5.48. The molecule has 3 aromatic rings. The Bertz CT molecular complexity index is 1710. The Morgan fingerprint density at radius 2 is 2.09 bits per heavy atom. The number of oxime groups is 1. The Morgan fingerprint density at radius 3 is 2.75 bits per heavy atom. The number of carboxylic acids is 1. The summed E-state index contributed by atoms with van der Waals surface area (Å²) in [5.74, 6) is -2.17. The molecule has 0 aromatic carbocycles. The molecule has 232 valence electrons. The molecule has 3 aromatic heterocycles. The molecule has 14 nitrogen and oxygen atoms in total. The lowest BCUT2D eigenvalue weighted by molar-refractivity contribution is -0.660. The Hall–Kier alpha value is -4.09. The first-order valence-electron chi connectivity index (χ1n) is 13.3. The van der Waals surface area contributed by atoms with Crippen molar-refractivity contribution in [3.05, 3.63) is 52.9 Å². The number of nitrogens with two attached hydrogens (primary N) is 1. The van der Waals surface area contributed by atoms with Gasteiger partial charge in [-0.1, -0.05) is 16.9 Å². The Balaban J connectivity index is 1.30. The number of anilines is 1. The standard InChI is InChI=1S/C27H29N7O7S3/c1-27(2,3)41-18(35)10-32-8-9-33-16(32)6-5-7-17(33)42-11-14-12-43-24-20(23(37)34(24)21(14)25(38)39)30-22(36)19(31-40-4)15-13-44-26(28)29-15/h5-9,13,20,24H,10-12H2,1-4H3,(H3-,28,29,30,36,38,39)/p+1/b31-19-/t20-,24-/m1/s1. The maximum Gasteiger partial charge on any atom is 0.352 e. The van der Waals surface area contributed by atoms with Gasteiger partial charge in [0.05, 0.1) is 0 Å². The van der Waals surface area contributed by atoms with Gasteiger partial charge in [0.25, 0.3) is 17.5 Å². The second-order valence-electron chi connectivity index (χ2n) is 10.7. The third kappa shape index (κ3) is 6.39. The number of hydrogen-bond acceptors (Lipinski definition) is 12. The van der Waals surface area contributed by atoms with Gasteiger partial charge in [0.1, 0.15) is 47.9 Å². The predicted octanol–water partition coefficient (Wildman–Crippen LogP) is 1.49. The van der Waals surface area contributed by atoms with Gasteiger partial charge in [0, 0.05) is 23.0 Å². The van der Waals surface area contributed by atoms with Crippen LogP contribution in [-0.2, 0) is 35.3 Å². The number of carboxylic acid groups (broad SMARTS) is 1. The highest BCUT2D eigenvalue weighted by Crippen LogP contribution is 2.41. The van der Waals surface area contributed by atoms with E-state index in [2.05, 4.69) is 15.5 Å².